The summed E-state index contributed by atoms with van der Waals surface area (Å²) in [5.41, 5.74) is 5.32. The topological polar surface area (TPSA) is 67.2 Å². The third-order valence-electron chi connectivity index (χ3n) is 6.74. The summed E-state index contributed by atoms with van der Waals surface area (Å²) in [4.78, 5) is 33.2. The van der Waals surface area contributed by atoms with Gasteiger partial charge in [0.1, 0.15) is 4.70 Å². The highest BCUT2D eigenvalue weighted by Crippen LogP contribution is 2.25. The number of aromatic nitrogens is 2. The number of rotatable bonds is 6. The average molecular weight is 487 g/mol. The van der Waals surface area contributed by atoms with Gasteiger partial charge >= 0.3 is 0 Å². The van der Waals surface area contributed by atoms with Crippen molar-refractivity contribution in [3.8, 4) is 0 Å². The highest BCUT2D eigenvalue weighted by atomic mass is 32.1. The second kappa shape index (κ2) is 10.0. The highest BCUT2D eigenvalue weighted by molar-refractivity contribution is 7.17. The van der Waals surface area contributed by atoms with Gasteiger partial charge in [-0.15, -0.1) is 11.3 Å². The number of thiophene rings is 1. The molecule has 3 heterocycles. The lowest BCUT2D eigenvalue weighted by atomic mass is 9.96. The molecule has 1 N–H and O–H groups in total. The van der Waals surface area contributed by atoms with E-state index in [0.717, 1.165) is 29.5 Å². The first-order chi connectivity index (χ1) is 17.0. The van der Waals surface area contributed by atoms with Crippen LogP contribution in [0.15, 0.2) is 64.8 Å². The zero-order chi connectivity index (χ0) is 24.4. The van der Waals surface area contributed by atoms with Crippen LogP contribution in [0.3, 0.4) is 0 Å². The van der Waals surface area contributed by atoms with Crippen LogP contribution in [-0.4, -0.2) is 28.5 Å². The van der Waals surface area contributed by atoms with E-state index in [-0.39, 0.29) is 17.4 Å². The quantitative estimate of drug-likeness (QED) is 0.431. The van der Waals surface area contributed by atoms with Gasteiger partial charge in [0.25, 0.3) is 5.56 Å². The number of anilines is 1. The van der Waals surface area contributed by atoms with Crippen molar-refractivity contribution >= 4 is 33.4 Å². The molecule has 2 aromatic heterocycles. The predicted molar refractivity (Wildman–Crippen MR) is 142 cm³/mol. The molecule has 1 saturated heterocycles. The number of hydrogen-bond donors (Lipinski definition) is 1. The minimum atomic E-state index is -0.0288. The average Bonchev–Trinajstić information content (AvgIpc) is 3.35. The monoisotopic (exact) mass is 486 g/mol. The van der Waals surface area contributed by atoms with E-state index in [4.69, 9.17) is 4.98 Å². The molecule has 1 amide bonds. The number of carbonyl (C=O) groups is 1. The van der Waals surface area contributed by atoms with Crippen LogP contribution in [0.1, 0.15) is 35.1 Å². The molecule has 7 heteroatoms. The van der Waals surface area contributed by atoms with Gasteiger partial charge in [0.2, 0.25) is 11.9 Å². The molecule has 2 aromatic carbocycles. The molecular weight excluding hydrogens is 456 g/mol. The maximum absolute atomic E-state index is 13.4. The highest BCUT2D eigenvalue weighted by Gasteiger charge is 2.27. The number of nitrogens with one attached hydrogen (secondary N) is 1. The Hall–Kier alpha value is -3.45. The van der Waals surface area contributed by atoms with E-state index >= 15 is 0 Å². The van der Waals surface area contributed by atoms with Crippen molar-refractivity contribution in [1.82, 2.24) is 14.9 Å². The summed E-state index contributed by atoms with van der Waals surface area (Å²) in [6.07, 6.45) is 1.48. The molecule has 1 fully saturated rings. The van der Waals surface area contributed by atoms with Gasteiger partial charge in [-0.3, -0.25) is 14.2 Å². The molecule has 6 nitrogen and oxygen atoms in total. The summed E-state index contributed by atoms with van der Waals surface area (Å²) in [5.74, 6) is 0.766. The summed E-state index contributed by atoms with van der Waals surface area (Å²) >= 11 is 1.44. The van der Waals surface area contributed by atoms with Crippen LogP contribution in [0.4, 0.5) is 5.95 Å². The van der Waals surface area contributed by atoms with Crippen molar-refractivity contribution in [3.63, 3.8) is 0 Å². The van der Waals surface area contributed by atoms with Crippen LogP contribution in [0.2, 0.25) is 0 Å². The zero-order valence-corrected chi connectivity index (χ0v) is 21.0. The standard InChI is InChI=1S/C28H30N4O2S/c1-19-3-7-21(8-4-19)17-29-26(33)23-11-14-31(15-12-23)28-30-24-13-16-35-25(24)27(34)32(28)18-22-9-5-20(2)6-10-22/h3-10,13,16,23H,11-12,14-15,17-18H2,1-2H3,(H,29,33). The smallest absolute Gasteiger partial charge is 0.273 e. The predicted octanol–water partition coefficient (Wildman–Crippen LogP) is 4.66. The number of nitrogens with zero attached hydrogens (tertiary/aromatic N) is 3. The van der Waals surface area contributed by atoms with Gasteiger partial charge in [-0.25, -0.2) is 4.98 Å². The molecule has 5 rings (SSSR count). The summed E-state index contributed by atoms with van der Waals surface area (Å²) in [6.45, 7) is 6.53. The fraction of sp³-hybridized carbons (Fsp3) is 0.321. The van der Waals surface area contributed by atoms with E-state index in [1.165, 1.54) is 22.5 Å². The van der Waals surface area contributed by atoms with Gasteiger partial charge in [0.05, 0.1) is 12.1 Å². The first-order valence-electron chi connectivity index (χ1n) is 12.1. The molecule has 1 aliphatic heterocycles. The van der Waals surface area contributed by atoms with Gasteiger partial charge in [-0.2, -0.15) is 0 Å². The van der Waals surface area contributed by atoms with Crippen LogP contribution in [0.5, 0.6) is 0 Å². The van der Waals surface area contributed by atoms with E-state index in [1.807, 2.05) is 11.4 Å². The molecule has 180 valence electrons. The van der Waals surface area contributed by atoms with E-state index in [9.17, 15) is 9.59 Å². The SMILES string of the molecule is Cc1ccc(CNC(=O)C2CCN(c3nc4ccsc4c(=O)n3Cc3ccc(C)cc3)CC2)cc1. The minimum Gasteiger partial charge on any atom is -0.352 e. The Morgan fingerprint density at radius 2 is 1.60 bits per heavy atom. The molecule has 0 unspecified atom stereocenters. The normalized spacial score (nSPS) is 14.4. The van der Waals surface area contributed by atoms with Gasteiger partial charge < -0.3 is 10.2 Å². The maximum Gasteiger partial charge on any atom is 0.273 e. The number of hydrogen-bond acceptors (Lipinski definition) is 5. The fourth-order valence-electron chi connectivity index (χ4n) is 4.57. The Kier molecular flexibility index (Phi) is 6.68. The number of aryl methyl sites for hydroxylation is 2. The first-order valence-corrected chi connectivity index (χ1v) is 13.0. The molecule has 0 radical (unpaired) electrons. The van der Waals surface area contributed by atoms with Crippen molar-refractivity contribution in [3.05, 3.63) is 92.6 Å². The number of benzene rings is 2. The number of piperidine rings is 1. The minimum absolute atomic E-state index is 0.00135. The van der Waals surface area contributed by atoms with Gasteiger partial charge in [0, 0.05) is 25.6 Å². The largest absolute Gasteiger partial charge is 0.352 e. The van der Waals surface area contributed by atoms with Crippen LogP contribution in [-0.2, 0) is 17.9 Å². The van der Waals surface area contributed by atoms with Gasteiger partial charge in [-0.05, 0) is 49.3 Å². The van der Waals surface area contributed by atoms with Crippen LogP contribution in [0.25, 0.3) is 10.2 Å². The fourth-order valence-corrected chi connectivity index (χ4v) is 5.35. The molecular formula is C28H30N4O2S. The summed E-state index contributed by atoms with van der Waals surface area (Å²) < 4.78 is 2.48. The molecule has 0 spiro atoms. The molecule has 0 bridgehead atoms. The molecule has 0 saturated carbocycles. The van der Waals surface area contributed by atoms with E-state index in [0.29, 0.717) is 36.8 Å². The Morgan fingerprint density at radius 3 is 2.26 bits per heavy atom. The number of fused-ring (bicyclic) bond motifs is 1. The van der Waals surface area contributed by atoms with Crippen LogP contribution in [0, 0.1) is 19.8 Å². The van der Waals surface area contributed by atoms with E-state index in [1.54, 1.807) is 4.57 Å². The summed E-state index contributed by atoms with van der Waals surface area (Å²) in [6, 6.07) is 18.4. The summed E-state index contributed by atoms with van der Waals surface area (Å²) in [7, 11) is 0. The molecule has 0 aliphatic carbocycles. The van der Waals surface area contributed by atoms with Crippen molar-refractivity contribution in [2.75, 3.05) is 18.0 Å². The van der Waals surface area contributed by atoms with E-state index < -0.39 is 0 Å². The number of carbonyl (C=O) groups excluding carboxylic acids is 1. The van der Waals surface area contributed by atoms with Crippen molar-refractivity contribution in [2.24, 2.45) is 5.92 Å². The molecule has 35 heavy (non-hydrogen) atoms. The maximum atomic E-state index is 13.4. The first kappa shape index (κ1) is 23.3. The third kappa shape index (κ3) is 5.15. The zero-order valence-electron chi connectivity index (χ0n) is 20.2. The van der Waals surface area contributed by atoms with Crippen molar-refractivity contribution < 1.29 is 4.79 Å². The lowest BCUT2D eigenvalue weighted by molar-refractivity contribution is -0.125. The van der Waals surface area contributed by atoms with Crippen molar-refractivity contribution in [1.29, 1.82) is 0 Å². The van der Waals surface area contributed by atoms with Gasteiger partial charge in [-0.1, -0.05) is 59.7 Å². The molecule has 1 aliphatic rings. The third-order valence-corrected chi connectivity index (χ3v) is 7.63. The lowest BCUT2D eigenvalue weighted by Crippen LogP contribution is -2.42. The Morgan fingerprint density at radius 1 is 0.971 bits per heavy atom. The number of amides is 1. The Balaban J connectivity index is 1.30. The second-order valence-electron chi connectivity index (χ2n) is 9.39. The second-order valence-corrected chi connectivity index (χ2v) is 10.3. The Bertz CT molecular complexity index is 1380. The van der Waals surface area contributed by atoms with Crippen molar-refractivity contribution in [2.45, 2.75) is 39.8 Å². The van der Waals surface area contributed by atoms with Crippen LogP contribution >= 0.6 is 11.3 Å². The summed E-state index contributed by atoms with van der Waals surface area (Å²) in [5, 5.41) is 5.01. The van der Waals surface area contributed by atoms with Gasteiger partial charge in [0.15, 0.2) is 0 Å². The molecule has 4 aromatic rings. The lowest BCUT2D eigenvalue weighted by Gasteiger charge is -2.33. The molecule has 0 atom stereocenters. The van der Waals surface area contributed by atoms with E-state index in [2.05, 4.69) is 72.6 Å². The van der Waals surface area contributed by atoms with Crippen LogP contribution < -0.4 is 15.8 Å². The Labute approximate surface area is 209 Å².